The highest BCUT2D eigenvalue weighted by molar-refractivity contribution is 6.17. The predicted molar refractivity (Wildman–Crippen MR) is 229 cm³/mol. The number of nitrogens with zero attached hydrogens (tertiary/aromatic N) is 4. The molecule has 0 unspecified atom stereocenters. The van der Waals surface area contributed by atoms with Gasteiger partial charge < -0.3 is 8.98 Å². The maximum Gasteiger partial charge on any atom is 0.164 e. The summed E-state index contributed by atoms with van der Waals surface area (Å²) in [5, 5.41) is 4.63. The Balaban J connectivity index is 1.06. The van der Waals surface area contributed by atoms with Crippen LogP contribution in [0, 0.1) is 0 Å². The molecule has 8 aromatic carbocycles. The highest BCUT2D eigenvalue weighted by Gasteiger charge is 2.19. The van der Waals surface area contributed by atoms with Gasteiger partial charge in [0.2, 0.25) is 0 Å². The second-order valence-corrected chi connectivity index (χ2v) is 14.0. The van der Waals surface area contributed by atoms with Gasteiger partial charge in [0, 0.05) is 49.5 Å². The summed E-state index contributed by atoms with van der Waals surface area (Å²) >= 11 is 0. The van der Waals surface area contributed by atoms with Crippen molar-refractivity contribution >= 4 is 43.7 Å². The van der Waals surface area contributed by atoms with Crippen LogP contribution in [-0.4, -0.2) is 19.5 Å². The third-order valence-corrected chi connectivity index (χ3v) is 10.7. The number of hydrogen-bond acceptors (Lipinski definition) is 4. The Bertz CT molecular complexity index is 3180. The van der Waals surface area contributed by atoms with Crippen LogP contribution in [0.15, 0.2) is 199 Å². The fourth-order valence-electron chi connectivity index (χ4n) is 8.07. The van der Waals surface area contributed by atoms with Gasteiger partial charge in [0.15, 0.2) is 17.5 Å². The number of benzene rings is 8. The number of fused-ring (bicyclic) bond motifs is 6. The van der Waals surface area contributed by atoms with E-state index in [9.17, 15) is 0 Å². The van der Waals surface area contributed by atoms with Gasteiger partial charge >= 0.3 is 0 Å². The maximum absolute atomic E-state index is 6.78. The number of para-hydroxylation sites is 3. The van der Waals surface area contributed by atoms with E-state index in [1.807, 2.05) is 60.7 Å². The molecule has 11 rings (SSSR count). The first-order chi connectivity index (χ1) is 27.8. The van der Waals surface area contributed by atoms with Crippen LogP contribution in [0.4, 0.5) is 0 Å². The zero-order valence-corrected chi connectivity index (χ0v) is 30.2. The molecule has 0 amide bonds. The van der Waals surface area contributed by atoms with Crippen molar-refractivity contribution in [1.82, 2.24) is 19.5 Å². The van der Waals surface area contributed by atoms with Crippen LogP contribution in [0.25, 0.3) is 106 Å². The van der Waals surface area contributed by atoms with E-state index in [-0.39, 0.29) is 0 Å². The van der Waals surface area contributed by atoms with E-state index in [0.717, 1.165) is 66.6 Å². The van der Waals surface area contributed by atoms with Gasteiger partial charge in [0.1, 0.15) is 11.2 Å². The first-order valence-electron chi connectivity index (χ1n) is 18.8. The molecule has 3 aromatic heterocycles. The molecule has 0 saturated heterocycles. The van der Waals surface area contributed by atoms with E-state index in [1.165, 1.54) is 21.8 Å². The Morgan fingerprint density at radius 3 is 1.64 bits per heavy atom. The summed E-state index contributed by atoms with van der Waals surface area (Å²) in [6, 6.07) is 67.4. The van der Waals surface area contributed by atoms with Crippen LogP contribution in [0.2, 0.25) is 0 Å². The lowest BCUT2D eigenvalue weighted by atomic mass is 9.96. The van der Waals surface area contributed by atoms with Crippen molar-refractivity contribution in [3.63, 3.8) is 0 Å². The molecule has 11 aromatic rings. The second kappa shape index (κ2) is 13.0. The van der Waals surface area contributed by atoms with E-state index in [4.69, 9.17) is 19.4 Å². The molecule has 0 aliphatic rings. The lowest BCUT2D eigenvalue weighted by Gasteiger charge is -2.10. The van der Waals surface area contributed by atoms with Crippen molar-refractivity contribution in [2.45, 2.75) is 0 Å². The fourth-order valence-corrected chi connectivity index (χ4v) is 8.07. The normalized spacial score (nSPS) is 11.6. The summed E-state index contributed by atoms with van der Waals surface area (Å²) in [5.74, 6) is 1.88. The van der Waals surface area contributed by atoms with Crippen LogP contribution in [-0.2, 0) is 0 Å². The van der Waals surface area contributed by atoms with E-state index in [2.05, 4.69) is 138 Å². The van der Waals surface area contributed by atoms with Gasteiger partial charge in [-0.2, -0.15) is 0 Å². The minimum Gasteiger partial charge on any atom is -0.455 e. The fraction of sp³-hybridized carbons (Fsp3) is 0. The van der Waals surface area contributed by atoms with Gasteiger partial charge in [0.25, 0.3) is 0 Å². The molecule has 5 nitrogen and oxygen atoms in total. The largest absolute Gasteiger partial charge is 0.455 e. The minimum atomic E-state index is 0.613. The summed E-state index contributed by atoms with van der Waals surface area (Å²) < 4.78 is 9.15. The minimum absolute atomic E-state index is 0.613. The van der Waals surface area contributed by atoms with Crippen LogP contribution in [0.3, 0.4) is 0 Å². The Kier molecular flexibility index (Phi) is 7.42. The van der Waals surface area contributed by atoms with Gasteiger partial charge in [-0.15, -0.1) is 0 Å². The highest BCUT2D eigenvalue weighted by atomic mass is 16.3. The molecule has 262 valence electrons. The van der Waals surface area contributed by atoms with Crippen LogP contribution < -0.4 is 0 Å². The summed E-state index contributed by atoms with van der Waals surface area (Å²) in [6.07, 6.45) is 0. The van der Waals surface area contributed by atoms with E-state index in [1.54, 1.807) is 0 Å². The molecular formula is C51H32N4O. The van der Waals surface area contributed by atoms with Gasteiger partial charge in [-0.05, 0) is 53.1 Å². The van der Waals surface area contributed by atoms with Crippen LogP contribution in [0.1, 0.15) is 0 Å². The van der Waals surface area contributed by atoms with Crippen LogP contribution in [0.5, 0.6) is 0 Å². The van der Waals surface area contributed by atoms with Gasteiger partial charge in [-0.25, -0.2) is 15.0 Å². The van der Waals surface area contributed by atoms with Crippen molar-refractivity contribution in [2.75, 3.05) is 0 Å². The van der Waals surface area contributed by atoms with Gasteiger partial charge in [-0.1, -0.05) is 158 Å². The molecule has 0 radical (unpaired) electrons. The quantitative estimate of drug-likeness (QED) is 0.172. The topological polar surface area (TPSA) is 56.7 Å². The Morgan fingerprint density at radius 1 is 0.357 bits per heavy atom. The maximum atomic E-state index is 6.78. The van der Waals surface area contributed by atoms with E-state index >= 15 is 0 Å². The third-order valence-electron chi connectivity index (χ3n) is 10.7. The monoisotopic (exact) mass is 716 g/mol. The molecule has 3 heterocycles. The molecule has 0 N–H and O–H groups in total. The lowest BCUT2D eigenvalue weighted by molar-refractivity contribution is 0.670. The SMILES string of the molecule is c1ccc(-c2nc(-c3ccccc3)nc(-c3cccc(-c4cccc5c4oc4cccc(-c6ccc7c8ccccc8n(-c8ccccc8)c7c6)c45)c3)n2)cc1. The third kappa shape index (κ3) is 5.29. The van der Waals surface area contributed by atoms with Crippen molar-refractivity contribution in [2.24, 2.45) is 0 Å². The molecule has 0 aliphatic carbocycles. The van der Waals surface area contributed by atoms with Crippen molar-refractivity contribution in [3.8, 4) is 62.1 Å². The van der Waals surface area contributed by atoms with Gasteiger partial charge in [-0.3, -0.25) is 0 Å². The second-order valence-electron chi connectivity index (χ2n) is 14.0. The molecule has 0 spiro atoms. The molecule has 5 heteroatoms. The number of rotatable bonds is 6. The number of hydrogen-bond donors (Lipinski definition) is 0. The first-order valence-corrected chi connectivity index (χ1v) is 18.8. The summed E-state index contributed by atoms with van der Waals surface area (Å²) in [6.45, 7) is 0. The Morgan fingerprint density at radius 2 is 0.893 bits per heavy atom. The molecule has 0 atom stereocenters. The molecule has 0 aliphatic heterocycles. The summed E-state index contributed by atoms with van der Waals surface area (Å²) in [7, 11) is 0. The molecule has 0 fully saturated rings. The van der Waals surface area contributed by atoms with E-state index in [0.29, 0.717) is 17.5 Å². The lowest BCUT2D eigenvalue weighted by Crippen LogP contribution is -2.00. The summed E-state index contributed by atoms with van der Waals surface area (Å²) in [4.78, 5) is 14.9. The van der Waals surface area contributed by atoms with Crippen LogP contribution >= 0.6 is 0 Å². The zero-order chi connectivity index (χ0) is 37.0. The van der Waals surface area contributed by atoms with Crippen molar-refractivity contribution < 1.29 is 4.42 Å². The standard InChI is InChI=1S/C51H32N4O/c1-4-15-33(16-5-1)49-52-50(34-17-6-2-7-18-34)54-51(53-49)37-20-12-19-35(31-37)40-25-13-26-43-47-39(24-14-28-46(47)56-48(40)43)36-29-30-42-41-23-10-11-27-44(41)55(45(42)32-36)38-21-8-3-9-22-38/h1-32H. The van der Waals surface area contributed by atoms with Gasteiger partial charge in [0.05, 0.1) is 11.0 Å². The molecule has 56 heavy (non-hydrogen) atoms. The zero-order valence-electron chi connectivity index (χ0n) is 30.2. The Hall–Kier alpha value is -7.63. The molecule has 0 bridgehead atoms. The van der Waals surface area contributed by atoms with Crippen molar-refractivity contribution in [3.05, 3.63) is 194 Å². The molecule has 0 saturated carbocycles. The Labute approximate surface area is 322 Å². The van der Waals surface area contributed by atoms with E-state index < -0.39 is 0 Å². The average molecular weight is 717 g/mol. The average Bonchev–Trinajstić information content (AvgIpc) is 3.83. The predicted octanol–water partition coefficient (Wildman–Crippen LogP) is 13.2. The smallest absolute Gasteiger partial charge is 0.164 e. The van der Waals surface area contributed by atoms with Crippen molar-refractivity contribution in [1.29, 1.82) is 0 Å². The number of aromatic nitrogens is 4. The highest BCUT2D eigenvalue weighted by Crippen LogP contribution is 2.42. The number of furan rings is 1. The summed E-state index contributed by atoms with van der Waals surface area (Å²) in [5.41, 5.74) is 12.3. The molecular weight excluding hydrogens is 685 g/mol. The first kappa shape index (κ1) is 31.9.